The van der Waals surface area contributed by atoms with Crippen molar-refractivity contribution >= 4 is 11.6 Å². The van der Waals surface area contributed by atoms with Crippen molar-refractivity contribution in [3.8, 4) is 5.75 Å². The Kier molecular flexibility index (Phi) is 6.10. The zero-order chi connectivity index (χ0) is 18.4. The van der Waals surface area contributed by atoms with E-state index in [1.165, 1.54) is 11.3 Å². The number of aryl methyl sites for hydroxylation is 2. The van der Waals surface area contributed by atoms with Gasteiger partial charge in [0.15, 0.2) is 0 Å². The quantitative estimate of drug-likeness (QED) is 0.829. The van der Waals surface area contributed by atoms with Crippen LogP contribution in [0.5, 0.6) is 5.75 Å². The van der Waals surface area contributed by atoms with Gasteiger partial charge in [0.25, 0.3) is 0 Å². The van der Waals surface area contributed by atoms with Crippen LogP contribution in [-0.4, -0.2) is 49.1 Å². The largest absolute Gasteiger partial charge is 0.496 e. The summed E-state index contributed by atoms with van der Waals surface area (Å²) in [6.45, 7) is 5.52. The molecule has 3 rings (SSSR count). The summed E-state index contributed by atoms with van der Waals surface area (Å²) in [5.41, 5.74) is 3.50. The SMILES string of the molecule is COc1ccccc1CCC(=O)N1CCCN(c2ccncc2C)CC1. The second-order valence-electron chi connectivity index (χ2n) is 6.70. The molecule has 1 aromatic heterocycles. The summed E-state index contributed by atoms with van der Waals surface area (Å²) in [5.74, 6) is 1.08. The van der Waals surface area contributed by atoms with Gasteiger partial charge in [0.05, 0.1) is 7.11 Å². The molecular formula is C21H27N3O2. The summed E-state index contributed by atoms with van der Waals surface area (Å²) in [6, 6.07) is 9.98. The zero-order valence-corrected chi connectivity index (χ0v) is 15.6. The van der Waals surface area contributed by atoms with E-state index < -0.39 is 0 Å². The molecular weight excluding hydrogens is 326 g/mol. The van der Waals surface area contributed by atoms with Crippen molar-refractivity contribution in [1.29, 1.82) is 0 Å². The highest BCUT2D eigenvalue weighted by atomic mass is 16.5. The second-order valence-corrected chi connectivity index (χ2v) is 6.70. The molecule has 138 valence electrons. The van der Waals surface area contributed by atoms with Crippen LogP contribution in [0.15, 0.2) is 42.7 Å². The number of nitrogens with zero attached hydrogens (tertiary/aromatic N) is 3. The average molecular weight is 353 g/mol. The Balaban J connectivity index is 1.57. The molecule has 0 bridgehead atoms. The third kappa shape index (κ3) is 4.34. The third-order valence-corrected chi connectivity index (χ3v) is 4.98. The fraction of sp³-hybridized carbons (Fsp3) is 0.429. The van der Waals surface area contributed by atoms with Gasteiger partial charge in [0, 0.05) is 50.7 Å². The number of anilines is 1. The molecule has 5 heteroatoms. The maximum atomic E-state index is 12.7. The molecule has 1 aliphatic heterocycles. The molecule has 1 aliphatic rings. The number of rotatable bonds is 5. The number of amides is 1. The minimum atomic E-state index is 0.226. The molecule has 0 radical (unpaired) electrons. The first-order valence-electron chi connectivity index (χ1n) is 9.24. The van der Waals surface area contributed by atoms with Crippen molar-refractivity contribution in [2.45, 2.75) is 26.2 Å². The lowest BCUT2D eigenvalue weighted by molar-refractivity contribution is -0.130. The molecule has 0 unspecified atom stereocenters. The summed E-state index contributed by atoms with van der Waals surface area (Å²) in [7, 11) is 1.67. The standard InChI is InChI=1S/C21H27N3O2/c1-17-16-22-11-10-19(17)23-12-5-13-24(15-14-23)21(25)9-8-18-6-3-4-7-20(18)26-2/h3-4,6-7,10-11,16H,5,8-9,12-15H2,1-2H3. The van der Waals surface area contributed by atoms with Gasteiger partial charge < -0.3 is 14.5 Å². The number of ether oxygens (including phenoxy) is 1. The molecule has 0 spiro atoms. The summed E-state index contributed by atoms with van der Waals surface area (Å²) < 4.78 is 5.38. The van der Waals surface area contributed by atoms with E-state index in [0.29, 0.717) is 12.8 Å². The van der Waals surface area contributed by atoms with Crippen LogP contribution in [0, 0.1) is 6.92 Å². The smallest absolute Gasteiger partial charge is 0.222 e. The van der Waals surface area contributed by atoms with Crippen LogP contribution < -0.4 is 9.64 Å². The van der Waals surface area contributed by atoms with E-state index in [9.17, 15) is 4.79 Å². The number of carbonyl (C=O) groups is 1. The normalized spacial score (nSPS) is 14.8. The molecule has 0 N–H and O–H groups in total. The van der Waals surface area contributed by atoms with Gasteiger partial charge in [-0.15, -0.1) is 0 Å². The third-order valence-electron chi connectivity index (χ3n) is 4.98. The zero-order valence-electron chi connectivity index (χ0n) is 15.6. The van der Waals surface area contributed by atoms with Crippen LogP contribution in [0.1, 0.15) is 24.0 Å². The molecule has 2 aromatic rings. The number of hydrogen-bond acceptors (Lipinski definition) is 4. The van der Waals surface area contributed by atoms with E-state index in [1.54, 1.807) is 7.11 Å². The molecule has 1 amide bonds. The molecule has 0 aliphatic carbocycles. The number of aromatic nitrogens is 1. The van der Waals surface area contributed by atoms with Crippen molar-refractivity contribution in [3.63, 3.8) is 0 Å². The molecule has 2 heterocycles. The van der Waals surface area contributed by atoms with Crippen LogP contribution in [0.4, 0.5) is 5.69 Å². The summed E-state index contributed by atoms with van der Waals surface area (Å²) >= 11 is 0. The van der Waals surface area contributed by atoms with Crippen LogP contribution in [0.2, 0.25) is 0 Å². The molecule has 0 atom stereocenters. The summed E-state index contributed by atoms with van der Waals surface area (Å²) in [6.07, 6.45) is 5.96. The van der Waals surface area contributed by atoms with Crippen molar-refractivity contribution in [1.82, 2.24) is 9.88 Å². The fourth-order valence-corrected chi connectivity index (χ4v) is 3.54. The van der Waals surface area contributed by atoms with Crippen LogP contribution >= 0.6 is 0 Å². The van der Waals surface area contributed by atoms with Gasteiger partial charge in [-0.3, -0.25) is 9.78 Å². The minimum Gasteiger partial charge on any atom is -0.496 e. The van der Waals surface area contributed by atoms with E-state index in [0.717, 1.165) is 43.9 Å². The number of carbonyl (C=O) groups excluding carboxylic acids is 1. The average Bonchev–Trinajstić information content (AvgIpc) is 2.93. The van der Waals surface area contributed by atoms with Crippen LogP contribution in [0.3, 0.4) is 0 Å². The van der Waals surface area contributed by atoms with E-state index in [4.69, 9.17) is 4.74 Å². The van der Waals surface area contributed by atoms with Crippen LogP contribution in [0.25, 0.3) is 0 Å². The van der Waals surface area contributed by atoms with E-state index >= 15 is 0 Å². The fourth-order valence-electron chi connectivity index (χ4n) is 3.54. The van der Waals surface area contributed by atoms with Crippen molar-refractivity contribution in [2.75, 3.05) is 38.2 Å². The Morgan fingerprint density at radius 2 is 2.00 bits per heavy atom. The molecule has 1 fully saturated rings. The van der Waals surface area contributed by atoms with Gasteiger partial charge in [-0.1, -0.05) is 18.2 Å². The lowest BCUT2D eigenvalue weighted by Crippen LogP contribution is -2.35. The van der Waals surface area contributed by atoms with Gasteiger partial charge in [0.2, 0.25) is 5.91 Å². The first-order valence-corrected chi connectivity index (χ1v) is 9.24. The minimum absolute atomic E-state index is 0.226. The Bertz CT molecular complexity index is 748. The lowest BCUT2D eigenvalue weighted by atomic mass is 10.1. The Labute approximate surface area is 155 Å². The number of para-hydroxylation sites is 1. The predicted octanol–water partition coefficient (Wildman–Crippen LogP) is 3.07. The molecule has 1 aromatic carbocycles. The predicted molar refractivity (Wildman–Crippen MR) is 104 cm³/mol. The van der Waals surface area contributed by atoms with E-state index in [2.05, 4.69) is 22.9 Å². The van der Waals surface area contributed by atoms with Crippen molar-refractivity contribution < 1.29 is 9.53 Å². The first kappa shape index (κ1) is 18.2. The second kappa shape index (κ2) is 8.70. The molecule has 5 nitrogen and oxygen atoms in total. The maximum absolute atomic E-state index is 12.7. The Hall–Kier alpha value is -2.56. The number of hydrogen-bond donors (Lipinski definition) is 0. The molecule has 26 heavy (non-hydrogen) atoms. The van der Waals surface area contributed by atoms with E-state index in [-0.39, 0.29) is 5.91 Å². The number of pyridine rings is 1. The van der Waals surface area contributed by atoms with Gasteiger partial charge in [0.1, 0.15) is 5.75 Å². The number of methoxy groups -OCH3 is 1. The summed E-state index contributed by atoms with van der Waals surface area (Å²) in [5, 5.41) is 0. The Morgan fingerprint density at radius 1 is 1.15 bits per heavy atom. The lowest BCUT2D eigenvalue weighted by Gasteiger charge is -2.25. The topological polar surface area (TPSA) is 45.7 Å². The highest BCUT2D eigenvalue weighted by Gasteiger charge is 2.20. The summed E-state index contributed by atoms with van der Waals surface area (Å²) in [4.78, 5) is 21.2. The monoisotopic (exact) mass is 353 g/mol. The maximum Gasteiger partial charge on any atom is 0.222 e. The van der Waals surface area contributed by atoms with Gasteiger partial charge in [-0.25, -0.2) is 0 Å². The van der Waals surface area contributed by atoms with Crippen molar-refractivity contribution in [2.24, 2.45) is 0 Å². The highest BCUT2D eigenvalue weighted by molar-refractivity contribution is 5.76. The highest BCUT2D eigenvalue weighted by Crippen LogP contribution is 2.21. The van der Waals surface area contributed by atoms with Gasteiger partial charge in [-0.2, -0.15) is 0 Å². The molecule has 1 saturated heterocycles. The van der Waals surface area contributed by atoms with E-state index in [1.807, 2.05) is 41.6 Å². The van der Waals surface area contributed by atoms with Gasteiger partial charge in [-0.05, 0) is 43.0 Å². The first-order chi connectivity index (χ1) is 12.7. The number of benzene rings is 1. The van der Waals surface area contributed by atoms with Crippen LogP contribution in [-0.2, 0) is 11.2 Å². The van der Waals surface area contributed by atoms with Gasteiger partial charge >= 0.3 is 0 Å². The Morgan fingerprint density at radius 3 is 2.81 bits per heavy atom. The van der Waals surface area contributed by atoms with Crippen molar-refractivity contribution in [3.05, 3.63) is 53.9 Å². The molecule has 0 saturated carbocycles.